The lowest BCUT2D eigenvalue weighted by atomic mass is 9.77. The summed E-state index contributed by atoms with van der Waals surface area (Å²) in [6.45, 7) is 11.2. The highest BCUT2D eigenvalue weighted by Gasteiger charge is 2.44. The van der Waals surface area contributed by atoms with Crippen molar-refractivity contribution in [3.8, 4) is 11.8 Å². The molecule has 1 fully saturated rings. The molecule has 2 rings (SSSR count). The molecule has 0 amide bonds. The van der Waals surface area contributed by atoms with Gasteiger partial charge in [0, 0.05) is 28.7 Å². The number of hydrogen-bond donors (Lipinski definition) is 2. The molecular weight excluding hydrogens is 324 g/mol. The van der Waals surface area contributed by atoms with E-state index in [0.717, 1.165) is 31.2 Å². The minimum absolute atomic E-state index is 0.0228. The number of nitrogens with zero attached hydrogens (tertiary/aromatic N) is 2. The van der Waals surface area contributed by atoms with Gasteiger partial charge in [-0.2, -0.15) is 0 Å². The van der Waals surface area contributed by atoms with E-state index in [1.807, 2.05) is 0 Å². The van der Waals surface area contributed by atoms with Crippen LogP contribution < -0.4 is 0 Å². The van der Waals surface area contributed by atoms with E-state index >= 15 is 0 Å². The van der Waals surface area contributed by atoms with Gasteiger partial charge in [-0.3, -0.25) is 9.47 Å². The second-order valence-electron chi connectivity index (χ2n) is 9.49. The maximum absolute atomic E-state index is 10.8. The lowest BCUT2D eigenvalue weighted by molar-refractivity contribution is -0.0282. The molecule has 4 heteroatoms. The van der Waals surface area contributed by atoms with E-state index < -0.39 is 0 Å². The molecule has 0 radical (unpaired) electrons. The maximum Gasteiger partial charge on any atom is 0.197 e. The zero-order chi connectivity index (χ0) is 19.5. The smallest absolute Gasteiger partial charge is 0.197 e. The molecule has 1 aromatic rings. The summed E-state index contributed by atoms with van der Waals surface area (Å²) >= 11 is 0. The van der Waals surface area contributed by atoms with E-state index in [0.29, 0.717) is 0 Å². The molecule has 150 valence electrons. The Morgan fingerprint density at radius 3 is 2.08 bits per heavy atom. The summed E-state index contributed by atoms with van der Waals surface area (Å²) in [6.07, 6.45) is 10.1. The van der Waals surface area contributed by atoms with Crippen LogP contribution >= 0.6 is 0 Å². The average Bonchev–Trinajstić information content (AvgIpc) is 2.82. The van der Waals surface area contributed by atoms with Crippen LogP contribution in [0.25, 0.3) is 0 Å². The van der Waals surface area contributed by atoms with E-state index in [-0.39, 0.29) is 28.9 Å². The first-order valence-corrected chi connectivity index (χ1v) is 10.5. The molecule has 4 nitrogen and oxygen atoms in total. The zero-order valence-corrected chi connectivity index (χ0v) is 17.8. The van der Waals surface area contributed by atoms with Crippen molar-refractivity contribution in [2.45, 2.75) is 110 Å². The molecule has 0 saturated carbocycles. The van der Waals surface area contributed by atoms with Crippen molar-refractivity contribution in [1.29, 1.82) is 0 Å². The molecule has 0 aliphatic carbocycles. The molecule has 1 aliphatic rings. The first kappa shape index (κ1) is 21.1. The summed E-state index contributed by atoms with van der Waals surface area (Å²) in [5, 5.41) is 21.3. The number of unbranched alkanes of at least 4 members (excludes halogenated alkanes) is 5. The molecule has 0 spiro atoms. The molecular formula is C22H40N2O2. The van der Waals surface area contributed by atoms with Gasteiger partial charge >= 0.3 is 0 Å². The van der Waals surface area contributed by atoms with E-state index in [4.69, 9.17) is 0 Å². The SMILES string of the molecule is CCCCCCCCc1cc(O)n(C2CC(C)(C)N(C)C(C)(C)C2)c1O. The fraction of sp³-hybridized carbons (Fsp3) is 0.818. The highest BCUT2D eigenvalue weighted by atomic mass is 16.3. The normalized spacial score (nSPS) is 20.5. The summed E-state index contributed by atoms with van der Waals surface area (Å²) < 4.78 is 1.78. The molecule has 2 heterocycles. The Morgan fingerprint density at radius 2 is 1.50 bits per heavy atom. The molecule has 26 heavy (non-hydrogen) atoms. The molecule has 0 unspecified atom stereocenters. The summed E-state index contributed by atoms with van der Waals surface area (Å²) in [5.41, 5.74) is 0.942. The fourth-order valence-corrected chi connectivity index (χ4v) is 4.69. The molecule has 1 aliphatic heterocycles. The van der Waals surface area contributed by atoms with Gasteiger partial charge in [0.05, 0.1) is 0 Å². The van der Waals surface area contributed by atoms with Gasteiger partial charge in [0.15, 0.2) is 11.8 Å². The molecule has 0 atom stereocenters. The third-order valence-corrected chi connectivity index (χ3v) is 6.52. The summed E-state index contributed by atoms with van der Waals surface area (Å²) in [7, 11) is 2.18. The number of likely N-dealkylation sites (tertiary alicyclic amines) is 1. The topological polar surface area (TPSA) is 48.6 Å². The third-order valence-electron chi connectivity index (χ3n) is 6.52. The Hall–Kier alpha value is -1.16. The van der Waals surface area contributed by atoms with E-state index in [1.54, 1.807) is 10.6 Å². The largest absolute Gasteiger partial charge is 0.494 e. The second kappa shape index (κ2) is 8.24. The second-order valence-corrected chi connectivity index (χ2v) is 9.49. The van der Waals surface area contributed by atoms with E-state index in [1.165, 1.54) is 32.1 Å². The van der Waals surface area contributed by atoms with Crippen LogP contribution in [0.1, 0.15) is 97.6 Å². The average molecular weight is 365 g/mol. The monoisotopic (exact) mass is 364 g/mol. The van der Waals surface area contributed by atoms with Crippen LogP contribution in [0.15, 0.2) is 6.07 Å². The molecule has 1 aromatic heterocycles. The van der Waals surface area contributed by atoms with E-state index in [2.05, 4.69) is 46.6 Å². The molecule has 2 N–H and O–H groups in total. The standard InChI is InChI=1S/C22H40N2O2/c1-7-8-9-10-11-12-13-17-14-19(25)24(20(17)26)18-15-21(2,3)23(6)22(4,5)16-18/h14,18,25-26H,7-13,15-16H2,1-6H3. The summed E-state index contributed by atoms with van der Waals surface area (Å²) in [6, 6.07) is 1.90. The van der Waals surface area contributed by atoms with Gasteiger partial charge in [0.2, 0.25) is 0 Å². The molecule has 0 bridgehead atoms. The van der Waals surface area contributed by atoms with Crippen molar-refractivity contribution in [2.75, 3.05) is 7.05 Å². The Morgan fingerprint density at radius 1 is 0.962 bits per heavy atom. The molecule has 1 saturated heterocycles. The summed E-state index contributed by atoms with van der Waals surface area (Å²) in [4.78, 5) is 2.42. The Kier molecular flexibility index (Phi) is 6.70. The number of rotatable bonds is 8. The maximum atomic E-state index is 10.8. The van der Waals surface area contributed by atoms with Gasteiger partial charge in [-0.05, 0) is 60.4 Å². The Labute approximate surface area is 160 Å². The van der Waals surface area contributed by atoms with Crippen LogP contribution in [0.5, 0.6) is 11.8 Å². The first-order chi connectivity index (χ1) is 12.1. The van der Waals surface area contributed by atoms with Crippen molar-refractivity contribution in [1.82, 2.24) is 9.47 Å². The van der Waals surface area contributed by atoms with Gasteiger partial charge in [-0.15, -0.1) is 0 Å². The highest BCUT2D eigenvalue weighted by molar-refractivity contribution is 5.36. The number of hydrogen-bond acceptors (Lipinski definition) is 3. The predicted octanol–water partition coefficient (Wildman–Crippen LogP) is 5.63. The van der Waals surface area contributed by atoms with Gasteiger partial charge < -0.3 is 10.2 Å². The van der Waals surface area contributed by atoms with Crippen molar-refractivity contribution < 1.29 is 10.2 Å². The minimum Gasteiger partial charge on any atom is -0.494 e. The van der Waals surface area contributed by atoms with E-state index in [9.17, 15) is 10.2 Å². The van der Waals surface area contributed by atoms with Crippen LogP contribution in [0.4, 0.5) is 0 Å². The lowest BCUT2D eigenvalue weighted by Crippen LogP contribution is -2.58. The minimum atomic E-state index is 0.0228. The quantitative estimate of drug-likeness (QED) is 0.588. The van der Waals surface area contributed by atoms with Crippen molar-refractivity contribution in [3.63, 3.8) is 0 Å². The van der Waals surface area contributed by atoms with Crippen molar-refractivity contribution >= 4 is 0 Å². The number of piperidine rings is 1. The van der Waals surface area contributed by atoms with Gasteiger partial charge in [-0.25, -0.2) is 0 Å². The van der Waals surface area contributed by atoms with Gasteiger partial charge in [0.25, 0.3) is 0 Å². The first-order valence-electron chi connectivity index (χ1n) is 10.5. The van der Waals surface area contributed by atoms with Crippen LogP contribution in [0, 0.1) is 0 Å². The van der Waals surface area contributed by atoms with Crippen molar-refractivity contribution in [2.24, 2.45) is 0 Å². The highest BCUT2D eigenvalue weighted by Crippen LogP contribution is 2.46. The lowest BCUT2D eigenvalue weighted by Gasteiger charge is -2.54. The molecule has 0 aromatic carbocycles. The number of aromatic hydroxyl groups is 2. The number of aromatic nitrogens is 1. The fourth-order valence-electron chi connectivity index (χ4n) is 4.69. The zero-order valence-electron chi connectivity index (χ0n) is 17.8. The number of aryl methyl sites for hydroxylation is 1. The van der Waals surface area contributed by atoms with Crippen LogP contribution in [-0.2, 0) is 6.42 Å². The van der Waals surface area contributed by atoms with Crippen LogP contribution in [0.2, 0.25) is 0 Å². The Bertz CT molecular complexity index is 571. The Balaban J connectivity index is 2.07. The van der Waals surface area contributed by atoms with Gasteiger partial charge in [0.1, 0.15) is 0 Å². The van der Waals surface area contributed by atoms with Crippen LogP contribution in [0.3, 0.4) is 0 Å². The predicted molar refractivity (Wildman–Crippen MR) is 109 cm³/mol. The van der Waals surface area contributed by atoms with Gasteiger partial charge in [-0.1, -0.05) is 39.0 Å². The summed E-state index contributed by atoms with van der Waals surface area (Å²) in [5.74, 6) is 0.488. The van der Waals surface area contributed by atoms with Crippen LogP contribution in [-0.4, -0.2) is 37.8 Å². The third kappa shape index (κ3) is 4.57. The van der Waals surface area contributed by atoms with Crippen molar-refractivity contribution in [3.05, 3.63) is 11.6 Å².